The van der Waals surface area contributed by atoms with Gasteiger partial charge in [0.2, 0.25) is 0 Å². The summed E-state index contributed by atoms with van der Waals surface area (Å²) in [4.78, 5) is 6.64. The molecule has 1 aromatic heterocycles. The van der Waals surface area contributed by atoms with Crippen molar-refractivity contribution < 1.29 is 4.74 Å². The van der Waals surface area contributed by atoms with Gasteiger partial charge in [0.1, 0.15) is 12.2 Å². The van der Waals surface area contributed by atoms with Gasteiger partial charge >= 0.3 is 0 Å². The van der Waals surface area contributed by atoms with Crippen molar-refractivity contribution >= 4 is 11.6 Å². The molecule has 0 amide bonds. The number of ether oxygens (including phenoxy) is 1. The first-order valence-corrected chi connectivity index (χ1v) is 6.52. The van der Waals surface area contributed by atoms with Crippen molar-refractivity contribution in [3.63, 3.8) is 0 Å². The molecule has 5 nitrogen and oxygen atoms in total. The van der Waals surface area contributed by atoms with Crippen LogP contribution in [0.25, 0.3) is 0 Å². The maximum absolute atomic E-state index is 5.82. The minimum atomic E-state index is 0.140. The average Bonchev–Trinajstić information content (AvgIpc) is 2.77. The molecule has 6 heteroatoms. The van der Waals surface area contributed by atoms with Crippen LogP contribution in [0.5, 0.6) is 0 Å². The molecule has 0 spiro atoms. The highest BCUT2D eigenvalue weighted by molar-refractivity contribution is 6.18. The number of alkyl halides is 1. The topological polar surface area (TPSA) is 43.2 Å². The van der Waals surface area contributed by atoms with Crippen molar-refractivity contribution in [1.82, 2.24) is 19.7 Å². The van der Waals surface area contributed by atoms with Gasteiger partial charge in [-0.15, -0.1) is 11.6 Å². The van der Waals surface area contributed by atoms with Crippen molar-refractivity contribution in [3.8, 4) is 0 Å². The summed E-state index contributed by atoms with van der Waals surface area (Å²) >= 11 is 5.82. The van der Waals surface area contributed by atoms with E-state index in [0.29, 0.717) is 11.9 Å². The van der Waals surface area contributed by atoms with Crippen LogP contribution in [0.3, 0.4) is 0 Å². The van der Waals surface area contributed by atoms with Crippen LogP contribution in [0.1, 0.15) is 25.7 Å². The van der Waals surface area contributed by atoms with Gasteiger partial charge in [-0.1, -0.05) is 0 Å². The molecule has 1 aliphatic heterocycles. The minimum Gasteiger partial charge on any atom is -0.374 e. The Kier molecular flexibility index (Phi) is 4.36. The number of aromatic nitrogens is 3. The lowest BCUT2D eigenvalue weighted by atomic mass is 10.3. The molecule has 1 aliphatic rings. The van der Waals surface area contributed by atoms with Crippen LogP contribution in [0, 0.1) is 0 Å². The maximum atomic E-state index is 5.82. The van der Waals surface area contributed by atoms with Gasteiger partial charge in [0.25, 0.3) is 0 Å². The van der Waals surface area contributed by atoms with Gasteiger partial charge < -0.3 is 4.74 Å². The molecule has 0 saturated carbocycles. The standard InChI is InChI=1S/C11H19ClN4O/c1-9(2)16-11(13-8-14-16)7-15-3-4-17-10(5-12)6-15/h8-10H,3-7H2,1-2H3. The molecule has 2 heterocycles. The summed E-state index contributed by atoms with van der Waals surface area (Å²) in [5.74, 6) is 1.56. The summed E-state index contributed by atoms with van der Waals surface area (Å²) in [5.41, 5.74) is 0. The van der Waals surface area contributed by atoms with Gasteiger partial charge in [0, 0.05) is 25.0 Å². The Morgan fingerprint density at radius 2 is 2.41 bits per heavy atom. The van der Waals surface area contributed by atoms with E-state index < -0.39 is 0 Å². The van der Waals surface area contributed by atoms with Crippen molar-refractivity contribution in [2.75, 3.05) is 25.6 Å². The van der Waals surface area contributed by atoms with Crippen molar-refractivity contribution in [2.45, 2.75) is 32.5 Å². The van der Waals surface area contributed by atoms with Crippen molar-refractivity contribution in [3.05, 3.63) is 12.2 Å². The van der Waals surface area contributed by atoms with E-state index in [4.69, 9.17) is 16.3 Å². The highest BCUT2D eigenvalue weighted by Gasteiger charge is 2.21. The monoisotopic (exact) mass is 258 g/mol. The fourth-order valence-corrected chi connectivity index (χ4v) is 2.22. The molecule has 0 radical (unpaired) electrons. The van der Waals surface area contributed by atoms with Gasteiger partial charge in [-0.3, -0.25) is 4.90 Å². The maximum Gasteiger partial charge on any atom is 0.141 e. The predicted octanol–water partition coefficient (Wildman–Crippen LogP) is 1.30. The molecule has 1 unspecified atom stereocenters. The number of rotatable bonds is 4. The van der Waals surface area contributed by atoms with Gasteiger partial charge in [-0.05, 0) is 13.8 Å². The second-order valence-electron chi connectivity index (χ2n) is 4.60. The molecule has 0 N–H and O–H groups in total. The first-order valence-electron chi connectivity index (χ1n) is 5.99. The largest absolute Gasteiger partial charge is 0.374 e. The summed E-state index contributed by atoms with van der Waals surface area (Å²) in [6, 6.07) is 0.345. The summed E-state index contributed by atoms with van der Waals surface area (Å²) in [7, 11) is 0. The van der Waals surface area contributed by atoms with Gasteiger partial charge in [0.05, 0.1) is 19.3 Å². The zero-order valence-corrected chi connectivity index (χ0v) is 11.1. The molecule has 0 aliphatic carbocycles. The third kappa shape index (κ3) is 3.18. The van der Waals surface area contributed by atoms with Crippen LogP contribution in [-0.2, 0) is 11.3 Å². The van der Waals surface area contributed by atoms with Crippen LogP contribution in [0.15, 0.2) is 6.33 Å². The van der Waals surface area contributed by atoms with E-state index in [9.17, 15) is 0 Å². The Bertz CT molecular complexity index is 355. The van der Waals surface area contributed by atoms with Crippen LogP contribution >= 0.6 is 11.6 Å². The zero-order valence-electron chi connectivity index (χ0n) is 10.3. The number of morpholine rings is 1. The lowest BCUT2D eigenvalue weighted by molar-refractivity contribution is -0.0206. The van der Waals surface area contributed by atoms with E-state index in [1.807, 2.05) is 4.68 Å². The van der Waals surface area contributed by atoms with E-state index in [0.717, 1.165) is 32.1 Å². The lowest BCUT2D eigenvalue weighted by Crippen LogP contribution is -2.43. The van der Waals surface area contributed by atoms with Crippen LogP contribution in [0.4, 0.5) is 0 Å². The average molecular weight is 259 g/mol. The Labute approximate surface area is 107 Å². The van der Waals surface area contributed by atoms with Crippen molar-refractivity contribution in [2.24, 2.45) is 0 Å². The van der Waals surface area contributed by atoms with E-state index in [1.165, 1.54) is 0 Å². The summed E-state index contributed by atoms with van der Waals surface area (Å²) in [6.45, 7) is 7.58. The number of hydrogen-bond acceptors (Lipinski definition) is 4. The quantitative estimate of drug-likeness (QED) is 0.764. The van der Waals surface area contributed by atoms with E-state index in [1.54, 1.807) is 6.33 Å². The summed E-state index contributed by atoms with van der Waals surface area (Å²) < 4.78 is 7.50. The molecule has 1 fully saturated rings. The Balaban J connectivity index is 1.98. The molecule has 0 bridgehead atoms. The van der Waals surface area contributed by atoms with E-state index in [-0.39, 0.29) is 6.10 Å². The van der Waals surface area contributed by atoms with E-state index >= 15 is 0 Å². The molecule has 2 rings (SSSR count). The van der Waals surface area contributed by atoms with Crippen molar-refractivity contribution in [1.29, 1.82) is 0 Å². The summed E-state index contributed by atoms with van der Waals surface area (Å²) in [6.07, 6.45) is 1.76. The Morgan fingerprint density at radius 3 is 3.12 bits per heavy atom. The fraction of sp³-hybridized carbons (Fsp3) is 0.818. The molecule has 96 valence electrons. The number of halogens is 1. The summed E-state index contributed by atoms with van der Waals surface area (Å²) in [5, 5.41) is 4.24. The Hall–Kier alpha value is -0.650. The molecule has 17 heavy (non-hydrogen) atoms. The van der Waals surface area contributed by atoms with Crippen LogP contribution < -0.4 is 0 Å². The van der Waals surface area contributed by atoms with Gasteiger partial charge in [-0.2, -0.15) is 5.10 Å². The first kappa shape index (κ1) is 12.8. The second kappa shape index (κ2) is 5.80. The van der Waals surface area contributed by atoms with Crippen LogP contribution in [0.2, 0.25) is 0 Å². The molecular formula is C11H19ClN4O. The molecule has 1 aromatic rings. The predicted molar refractivity (Wildman–Crippen MR) is 66.1 cm³/mol. The SMILES string of the molecule is CC(C)n1ncnc1CN1CCOC(CCl)C1. The van der Waals surface area contributed by atoms with Gasteiger partial charge in [0.15, 0.2) is 0 Å². The second-order valence-corrected chi connectivity index (χ2v) is 4.91. The Morgan fingerprint density at radius 1 is 1.59 bits per heavy atom. The highest BCUT2D eigenvalue weighted by atomic mass is 35.5. The van der Waals surface area contributed by atoms with E-state index in [2.05, 4.69) is 28.8 Å². The molecule has 0 aromatic carbocycles. The fourth-order valence-electron chi connectivity index (χ4n) is 2.04. The minimum absolute atomic E-state index is 0.140. The van der Waals surface area contributed by atoms with Gasteiger partial charge in [-0.25, -0.2) is 9.67 Å². The third-order valence-corrected chi connectivity index (χ3v) is 3.24. The molecule has 1 atom stereocenters. The molecule has 1 saturated heterocycles. The highest BCUT2D eigenvalue weighted by Crippen LogP contribution is 2.12. The lowest BCUT2D eigenvalue weighted by Gasteiger charge is -2.31. The first-order chi connectivity index (χ1) is 8.20. The zero-order chi connectivity index (χ0) is 12.3. The molecular weight excluding hydrogens is 240 g/mol. The van der Waals surface area contributed by atoms with Crippen LogP contribution in [-0.4, -0.2) is 51.3 Å². The normalized spacial score (nSPS) is 22.2. The number of nitrogens with zero attached hydrogens (tertiary/aromatic N) is 4. The number of hydrogen-bond donors (Lipinski definition) is 0. The third-order valence-electron chi connectivity index (χ3n) is 2.90. The smallest absolute Gasteiger partial charge is 0.141 e.